The molecule has 2 aromatic carbocycles. The van der Waals surface area contributed by atoms with Crippen LogP contribution in [-0.2, 0) is 11.2 Å². The van der Waals surface area contributed by atoms with E-state index < -0.39 is 0 Å². The lowest BCUT2D eigenvalue weighted by Gasteiger charge is -2.16. The van der Waals surface area contributed by atoms with Crippen LogP contribution in [0.4, 0.5) is 5.69 Å². The number of aryl methyl sites for hydroxylation is 1. The van der Waals surface area contributed by atoms with Gasteiger partial charge in [0.25, 0.3) is 0 Å². The topological polar surface area (TPSA) is 15.8 Å². The number of hydrogen-bond acceptors (Lipinski definition) is 2. The molecule has 1 heterocycles. The average Bonchev–Trinajstić information content (AvgIpc) is 3.28. The van der Waals surface area contributed by atoms with Gasteiger partial charge >= 0.3 is 0 Å². The fraction of sp³-hybridized carbons (Fsp3) is 0.294. The predicted molar refractivity (Wildman–Crippen MR) is 78.3 cm³/mol. The second-order valence-corrected chi connectivity index (χ2v) is 4.99. The van der Waals surface area contributed by atoms with Crippen LogP contribution in [0, 0.1) is 0 Å². The highest BCUT2D eigenvalue weighted by Crippen LogP contribution is 2.42. The van der Waals surface area contributed by atoms with Crippen molar-refractivity contribution < 1.29 is 4.74 Å². The Hall–Kier alpha value is -1.80. The lowest BCUT2D eigenvalue weighted by Crippen LogP contribution is -2.21. The molecule has 1 saturated heterocycles. The highest BCUT2D eigenvalue weighted by Gasteiger charge is 2.43. The van der Waals surface area contributed by atoms with E-state index in [-0.39, 0.29) is 12.3 Å². The Bertz CT molecular complexity index is 552. The van der Waals surface area contributed by atoms with Gasteiger partial charge in [0.05, 0.1) is 0 Å². The summed E-state index contributed by atoms with van der Waals surface area (Å²) < 4.78 is 5.84. The van der Waals surface area contributed by atoms with Crippen LogP contribution >= 0.6 is 0 Å². The summed E-state index contributed by atoms with van der Waals surface area (Å²) in [5, 5.41) is 0. The average molecular weight is 253 g/mol. The Balaban J connectivity index is 1.74. The summed E-state index contributed by atoms with van der Waals surface area (Å²) in [4.78, 5) is 2.20. The summed E-state index contributed by atoms with van der Waals surface area (Å²) in [7, 11) is 2.09. The molecule has 0 aromatic heterocycles. The maximum absolute atomic E-state index is 5.84. The van der Waals surface area contributed by atoms with E-state index in [9.17, 15) is 0 Å². The molecular formula is C17H19NO. The number of benzene rings is 2. The third-order valence-corrected chi connectivity index (χ3v) is 3.70. The molecule has 2 atom stereocenters. The van der Waals surface area contributed by atoms with Gasteiger partial charge in [-0.1, -0.05) is 49.4 Å². The fourth-order valence-corrected chi connectivity index (χ4v) is 2.44. The summed E-state index contributed by atoms with van der Waals surface area (Å²) in [6.45, 7) is 2.18. The first-order valence-corrected chi connectivity index (χ1v) is 6.82. The molecule has 1 aliphatic rings. The number of epoxide rings is 1. The van der Waals surface area contributed by atoms with E-state index in [2.05, 4.69) is 67.4 Å². The summed E-state index contributed by atoms with van der Waals surface area (Å²) in [5.41, 5.74) is 3.85. The van der Waals surface area contributed by atoms with Crippen LogP contribution in [0.3, 0.4) is 0 Å². The maximum atomic E-state index is 5.84. The van der Waals surface area contributed by atoms with Crippen molar-refractivity contribution in [1.29, 1.82) is 0 Å². The van der Waals surface area contributed by atoms with Crippen LogP contribution in [0.1, 0.15) is 24.2 Å². The third-order valence-electron chi connectivity index (χ3n) is 3.70. The zero-order valence-corrected chi connectivity index (χ0v) is 11.4. The fourth-order valence-electron chi connectivity index (χ4n) is 2.44. The number of hydrogen-bond donors (Lipinski definition) is 0. The van der Waals surface area contributed by atoms with Gasteiger partial charge in [-0.05, 0) is 29.7 Å². The largest absolute Gasteiger partial charge is 0.347 e. The molecule has 1 aliphatic heterocycles. The van der Waals surface area contributed by atoms with Crippen LogP contribution in [0.25, 0.3) is 0 Å². The summed E-state index contributed by atoms with van der Waals surface area (Å²) in [6.07, 6.45) is 1.44. The van der Waals surface area contributed by atoms with Crippen molar-refractivity contribution in [2.75, 3.05) is 11.9 Å². The Labute approximate surface area is 114 Å². The van der Waals surface area contributed by atoms with E-state index in [4.69, 9.17) is 4.74 Å². The third kappa shape index (κ3) is 2.49. The van der Waals surface area contributed by atoms with E-state index in [1.807, 2.05) is 6.07 Å². The molecule has 19 heavy (non-hydrogen) atoms. The van der Waals surface area contributed by atoms with Crippen molar-refractivity contribution in [2.45, 2.75) is 25.7 Å². The summed E-state index contributed by atoms with van der Waals surface area (Å²) >= 11 is 0. The monoisotopic (exact) mass is 253 g/mol. The van der Waals surface area contributed by atoms with Gasteiger partial charge in [-0.15, -0.1) is 0 Å². The molecule has 3 rings (SSSR count). The lowest BCUT2D eigenvalue weighted by molar-refractivity contribution is 0.372. The quantitative estimate of drug-likeness (QED) is 0.771. The van der Waals surface area contributed by atoms with Crippen molar-refractivity contribution in [3.05, 3.63) is 65.7 Å². The molecule has 0 N–H and O–H groups in total. The van der Waals surface area contributed by atoms with Gasteiger partial charge in [0.15, 0.2) is 6.23 Å². The molecule has 0 spiro atoms. The smallest absolute Gasteiger partial charge is 0.161 e. The van der Waals surface area contributed by atoms with Crippen LogP contribution in [0.15, 0.2) is 54.6 Å². The van der Waals surface area contributed by atoms with Gasteiger partial charge in [-0.2, -0.15) is 0 Å². The second-order valence-electron chi connectivity index (χ2n) is 4.99. The first-order chi connectivity index (χ1) is 9.29. The minimum Gasteiger partial charge on any atom is -0.347 e. The Morgan fingerprint density at radius 3 is 2.58 bits per heavy atom. The van der Waals surface area contributed by atoms with E-state index in [0.29, 0.717) is 0 Å². The molecule has 0 radical (unpaired) electrons. The number of anilines is 1. The summed E-state index contributed by atoms with van der Waals surface area (Å²) in [5.74, 6) is 0. The van der Waals surface area contributed by atoms with Gasteiger partial charge in [-0.25, -0.2) is 0 Å². The molecule has 2 unspecified atom stereocenters. The van der Waals surface area contributed by atoms with Crippen molar-refractivity contribution in [1.82, 2.24) is 0 Å². The molecule has 0 aliphatic carbocycles. The number of likely N-dealkylation sites (N-methyl/N-ethyl adjacent to an activating group) is 1. The van der Waals surface area contributed by atoms with E-state index in [1.54, 1.807) is 0 Å². The highest BCUT2D eigenvalue weighted by atomic mass is 16.6. The van der Waals surface area contributed by atoms with Gasteiger partial charge in [0, 0.05) is 12.7 Å². The first-order valence-electron chi connectivity index (χ1n) is 6.82. The normalized spacial score (nSPS) is 21.2. The molecule has 2 aromatic rings. The standard InChI is InChI=1S/C17H19NO/c1-3-13-8-7-9-14(12-13)16-17(19-16)18(2)15-10-5-4-6-11-15/h4-12,16-17H,3H2,1-2H3. The molecule has 1 fully saturated rings. The van der Waals surface area contributed by atoms with Gasteiger partial charge < -0.3 is 9.64 Å². The zero-order chi connectivity index (χ0) is 13.2. The molecule has 0 bridgehead atoms. The van der Waals surface area contributed by atoms with Crippen LogP contribution in [0.2, 0.25) is 0 Å². The molecule has 2 heteroatoms. The number of rotatable bonds is 4. The predicted octanol–water partition coefficient (Wildman–Crippen LogP) is 3.78. The van der Waals surface area contributed by atoms with Crippen molar-refractivity contribution in [2.24, 2.45) is 0 Å². The van der Waals surface area contributed by atoms with Gasteiger partial charge in [0.1, 0.15) is 6.10 Å². The lowest BCUT2D eigenvalue weighted by atomic mass is 10.1. The zero-order valence-electron chi connectivity index (χ0n) is 11.4. The Morgan fingerprint density at radius 2 is 1.84 bits per heavy atom. The van der Waals surface area contributed by atoms with E-state index in [1.165, 1.54) is 16.8 Å². The van der Waals surface area contributed by atoms with Crippen molar-refractivity contribution in [3.63, 3.8) is 0 Å². The second kappa shape index (κ2) is 5.06. The molecule has 0 amide bonds. The number of para-hydroxylation sites is 1. The minimum atomic E-state index is 0.162. The molecule has 2 nitrogen and oxygen atoms in total. The molecular weight excluding hydrogens is 234 g/mol. The van der Waals surface area contributed by atoms with Gasteiger partial charge in [-0.3, -0.25) is 0 Å². The molecule has 0 saturated carbocycles. The number of nitrogens with zero attached hydrogens (tertiary/aromatic N) is 1. The van der Waals surface area contributed by atoms with E-state index >= 15 is 0 Å². The minimum absolute atomic E-state index is 0.162. The van der Waals surface area contributed by atoms with Crippen LogP contribution in [0.5, 0.6) is 0 Å². The highest BCUT2D eigenvalue weighted by molar-refractivity contribution is 5.47. The van der Waals surface area contributed by atoms with Crippen molar-refractivity contribution in [3.8, 4) is 0 Å². The van der Waals surface area contributed by atoms with Crippen LogP contribution < -0.4 is 4.90 Å². The van der Waals surface area contributed by atoms with Crippen LogP contribution in [-0.4, -0.2) is 13.3 Å². The summed E-state index contributed by atoms with van der Waals surface area (Å²) in [6, 6.07) is 19.1. The number of ether oxygens (including phenoxy) is 1. The van der Waals surface area contributed by atoms with Crippen molar-refractivity contribution >= 4 is 5.69 Å². The van der Waals surface area contributed by atoms with E-state index in [0.717, 1.165) is 6.42 Å². The Kier molecular flexibility index (Phi) is 3.26. The Morgan fingerprint density at radius 1 is 1.05 bits per heavy atom. The SMILES string of the molecule is CCc1cccc(C2OC2N(C)c2ccccc2)c1. The molecule has 98 valence electrons. The maximum Gasteiger partial charge on any atom is 0.161 e. The van der Waals surface area contributed by atoms with Gasteiger partial charge in [0.2, 0.25) is 0 Å². The first kappa shape index (κ1) is 12.2.